The van der Waals surface area contributed by atoms with Gasteiger partial charge >= 0.3 is 15.9 Å². The van der Waals surface area contributed by atoms with Crippen molar-refractivity contribution in [2.45, 2.75) is 12.2 Å². The summed E-state index contributed by atoms with van der Waals surface area (Å²) in [6, 6.07) is 34.9. The maximum Gasteiger partial charge on any atom is 0.361 e. The van der Waals surface area contributed by atoms with Crippen molar-refractivity contribution in [2.75, 3.05) is 0 Å². The first-order chi connectivity index (χ1) is 15.4. The molecule has 0 aromatic heterocycles. The number of alkyl halides is 2. The number of hydrogen-bond acceptors (Lipinski definition) is 2. The second-order valence-electron chi connectivity index (χ2n) is 7.36. The van der Waals surface area contributed by atoms with Gasteiger partial charge < -0.3 is 0 Å². The lowest BCUT2D eigenvalue weighted by Gasteiger charge is -2.16. The third-order valence-corrected chi connectivity index (χ3v) is 5.81. The minimum absolute atomic E-state index is 1.01. The quantitative estimate of drug-likeness (QED) is 0.312. The molecule has 4 aromatic rings. The van der Waals surface area contributed by atoms with E-state index in [2.05, 4.69) is 97.1 Å². The van der Waals surface area contributed by atoms with Crippen molar-refractivity contribution in [3.63, 3.8) is 0 Å². The summed E-state index contributed by atoms with van der Waals surface area (Å²) in [4.78, 5) is 0. The van der Waals surface area contributed by atoms with E-state index in [0.29, 0.717) is 0 Å². The van der Waals surface area contributed by atoms with Gasteiger partial charge in [-0.25, -0.2) is 0 Å². The van der Waals surface area contributed by atoms with Gasteiger partial charge in [0.2, 0.25) is 0 Å². The van der Waals surface area contributed by atoms with Crippen molar-refractivity contribution in [2.24, 2.45) is 0 Å². The highest BCUT2D eigenvalue weighted by Gasteiger charge is 2.23. The van der Waals surface area contributed by atoms with Crippen LogP contribution in [0.5, 0.6) is 0 Å². The number of hydrogen-bond donors (Lipinski definition) is 1. The molecule has 0 bridgehead atoms. The van der Waals surface area contributed by atoms with Crippen LogP contribution in [-0.4, -0.2) is 18.7 Å². The fraction of sp³-hybridized carbons (Fsp3) is 0.0769. The molecule has 5 rings (SSSR count). The van der Waals surface area contributed by atoms with E-state index in [1.807, 2.05) is 0 Å². The van der Waals surface area contributed by atoms with Gasteiger partial charge in [0.1, 0.15) is 0 Å². The van der Waals surface area contributed by atoms with Crippen LogP contribution >= 0.6 is 0 Å². The molecule has 0 saturated carbocycles. The summed E-state index contributed by atoms with van der Waals surface area (Å²) >= 11 is 0. The van der Waals surface area contributed by atoms with Crippen LogP contribution in [-0.2, 0) is 16.5 Å². The van der Waals surface area contributed by atoms with Crippen molar-refractivity contribution in [1.82, 2.24) is 0 Å². The number of rotatable bonds is 3. The van der Waals surface area contributed by atoms with Crippen LogP contribution in [0.2, 0.25) is 0 Å². The van der Waals surface area contributed by atoms with Crippen molar-refractivity contribution < 1.29 is 21.8 Å². The Kier molecular flexibility index (Phi) is 6.17. The Hall–Kier alpha value is -3.35. The molecule has 4 aromatic carbocycles. The van der Waals surface area contributed by atoms with Gasteiger partial charge in [0.25, 0.3) is 0 Å². The molecule has 0 saturated heterocycles. The van der Waals surface area contributed by atoms with Gasteiger partial charge in [-0.05, 0) is 50.9 Å². The molecule has 6 heteroatoms. The predicted molar refractivity (Wildman–Crippen MR) is 123 cm³/mol. The normalized spacial score (nSPS) is 12.0. The zero-order valence-electron chi connectivity index (χ0n) is 16.9. The van der Waals surface area contributed by atoms with Crippen LogP contribution in [0.1, 0.15) is 11.1 Å². The van der Waals surface area contributed by atoms with E-state index < -0.39 is 15.9 Å². The van der Waals surface area contributed by atoms with Gasteiger partial charge in [0.15, 0.2) is 0 Å². The smallest absolute Gasteiger partial charge is 0.281 e. The highest BCUT2D eigenvalue weighted by atomic mass is 32.2. The summed E-state index contributed by atoms with van der Waals surface area (Å²) in [6.45, 7) is 0. The van der Waals surface area contributed by atoms with Crippen LogP contribution in [0.15, 0.2) is 97.1 Å². The van der Waals surface area contributed by atoms with Gasteiger partial charge in [0.05, 0.1) is 0 Å². The van der Waals surface area contributed by atoms with E-state index in [-0.39, 0.29) is 0 Å². The van der Waals surface area contributed by atoms with Gasteiger partial charge in [-0.2, -0.15) is 17.2 Å². The molecule has 1 aliphatic carbocycles. The molecule has 3 nitrogen and oxygen atoms in total. The number of fused-ring (bicyclic) bond motifs is 3. The summed E-state index contributed by atoms with van der Waals surface area (Å²) in [5.74, 6) is -3.67. The van der Waals surface area contributed by atoms with E-state index >= 15 is 0 Å². The lowest BCUT2D eigenvalue weighted by atomic mass is 9.88. The Balaban J connectivity index is 0.000000307. The third-order valence-electron chi connectivity index (χ3n) is 5.36. The Labute approximate surface area is 185 Å². The Bertz CT molecular complexity index is 1340. The second-order valence-corrected chi connectivity index (χ2v) is 8.74. The fourth-order valence-electron chi connectivity index (χ4n) is 4.00. The SMILES string of the molecule is O=S(=O)(O)C(F)F.c1ccc(-c2ccc3c(c2-c2ccccc2)Cc2ccccc2-3)cc1. The summed E-state index contributed by atoms with van der Waals surface area (Å²) < 4.78 is 47.0. The molecule has 0 unspecified atom stereocenters. The van der Waals surface area contributed by atoms with Gasteiger partial charge in [-0.1, -0.05) is 97.1 Å². The van der Waals surface area contributed by atoms with Gasteiger partial charge in [0, 0.05) is 0 Å². The lowest BCUT2D eigenvalue weighted by molar-refractivity contribution is 0.217. The maximum atomic E-state index is 10.7. The highest BCUT2D eigenvalue weighted by Crippen LogP contribution is 2.45. The molecule has 0 radical (unpaired) electrons. The Morgan fingerprint density at radius 1 is 0.656 bits per heavy atom. The first-order valence-corrected chi connectivity index (χ1v) is 11.5. The van der Waals surface area contributed by atoms with Crippen molar-refractivity contribution in [3.8, 4) is 33.4 Å². The monoisotopic (exact) mass is 450 g/mol. The van der Waals surface area contributed by atoms with Crippen LogP contribution in [0.4, 0.5) is 8.78 Å². The van der Waals surface area contributed by atoms with Gasteiger partial charge in [-0.15, -0.1) is 0 Å². The van der Waals surface area contributed by atoms with Crippen LogP contribution < -0.4 is 0 Å². The zero-order valence-corrected chi connectivity index (χ0v) is 17.8. The summed E-state index contributed by atoms with van der Waals surface area (Å²) in [5.41, 5.74) is 10.9. The first-order valence-electron chi connectivity index (χ1n) is 9.95. The van der Waals surface area contributed by atoms with E-state index in [1.165, 1.54) is 44.5 Å². The van der Waals surface area contributed by atoms with Crippen molar-refractivity contribution in [1.29, 1.82) is 0 Å². The van der Waals surface area contributed by atoms with Crippen LogP contribution in [0, 0.1) is 0 Å². The van der Waals surface area contributed by atoms with Crippen molar-refractivity contribution in [3.05, 3.63) is 108 Å². The molecule has 0 spiro atoms. The third kappa shape index (κ3) is 4.47. The molecule has 0 fully saturated rings. The van der Waals surface area contributed by atoms with E-state index in [0.717, 1.165) is 6.42 Å². The second kappa shape index (κ2) is 9.02. The summed E-state index contributed by atoms with van der Waals surface area (Å²) in [5, 5.41) is 0. The van der Waals surface area contributed by atoms with Crippen LogP contribution in [0.25, 0.3) is 33.4 Å². The Morgan fingerprint density at radius 2 is 1.16 bits per heavy atom. The van der Waals surface area contributed by atoms with Crippen molar-refractivity contribution >= 4 is 10.1 Å². The van der Waals surface area contributed by atoms with E-state index in [4.69, 9.17) is 13.0 Å². The van der Waals surface area contributed by atoms with Crippen LogP contribution in [0.3, 0.4) is 0 Å². The maximum absolute atomic E-state index is 10.7. The zero-order chi connectivity index (χ0) is 22.7. The molecule has 0 atom stereocenters. The average molecular weight is 451 g/mol. The largest absolute Gasteiger partial charge is 0.361 e. The highest BCUT2D eigenvalue weighted by molar-refractivity contribution is 7.86. The molecular formula is C26H20F2O3S. The minimum Gasteiger partial charge on any atom is -0.281 e. The predicted octanol–water partition coefficient (Wildman–Crippen LogP) is 6.69. The Morgan fingerprint density at radius 3 is 1.75 bits per heavy atom. The molecular weight excluding hydrogens is 430 g/mol. The molecule has 0 amide bonds. The minimum atomic E-state index is -5.07. The topological polar surface area (TPSA) is 54.4 Å². The van der Waals surface area contributed by atoms with Gasteiger partial charge in [-0.3, -0.25) is 4.55 Å². The summed E-state index contributed by atoms with van der Waals surface area (Å²) in [7, 11) is -5.07. The first kappa shape index (κ1) is 21.9. The standard InChI is InChI=1S/C25H18.CH2F2O3S/c1-3-9-18(10-4-1)22-15-16-23-21-14-8-7-13-20(21)17-24(23)25(22)19-11-5-2-6-12-19;2-1(3)7(4,5)6/h1-16H,17H2;1H,(H,4,5,6). The number of halogens is 2. The molecule has 32 heavy (non-hydrogen) atoms. The molecule has 1 N–H and O–H groups in total. The molecule has 0 aliphatic heterocycles. The molecule has 162 valence electrons. The lowest BCUT2D eigenvalue weighted by Crippen LogP contribution is -2.07. The summed E-state index contributed by atoms with van der Waals surface area (Å²) in [6.07, 6.45) is 1.01. The van der Waals surface area contributed by atoms with E-state index in [1.54, 1.807) is 0 Å². The number of benzene rings is 4. The molecule has 0 heterocycles. The molecule has 1 aliphatic rings. The van der Waals surface area contributed by atoms with E-state index in [9.17, 15) is 8.78 Å². The fourth-order valence-corrected chi connectivity index (χ4v) is 4.00. The average Bonchev–Trinajstić information content (AvgIpc) is 3.18.